The minimum Gasteiger partial charge on any atom is -0.296 e. The number of piperazine rings is 1. The largest absolute Gasteiger partial charge is 0.296 e. The summed E-state index contributed by atoms with van der Waals surface area (Å²) in [5.41, 5.74) is 4.65. The summed E-state index contributed by atoms with van der Waals surface area (Å²) >= 11 is 0. The quantitative estimate of drug-likeness (QED) is 0.780. The van der Waals surface area contributed by atoms with Gasteiger partial charge in [0.1, 0.15) is 0 Å². The predicted molar refractivity (Wildman–Crippen MR) is 98.8 cm³/mol. The number of rotatable bonds is 5. The summed E-state index contributed by atoms with van der Waals surface area (Å²) in [5, 5.41) is 7.64. The summed E-state index contributed by atoms with van der Waals surface area (Å²) in [4.78, 5) is 9.18. The number of hydrogen-bond acceptors (Lipinski definition) is 4. The van der Waals surface area contributed by atoms with E-state index in [9.17, 15) is 0 Å². The zero-order valence-electron chi connectivity index (χ0n) is 14.3. The third kappa shape index (κ3) is 4.13. The average Bonchev–Trinajstić information content (AvgIpc) is 3.14. The SMILES string of the molecule is c1ccc(-c2cc(CN3CCN(Cc4cccnc4)CC3)[nH]n2)cc1. The average molecular weight is 333 g/mol. The summed E-state index contributed by atoms with van der Waals surface area (Å²) in [6, 6.07) is 16.6. The Hall–Kier alpha value is -2.50. The normalized spacial score (nSPS) is 16.2. The van der Waals surface area contributed by atoms with Gasteiger partial charge in [-0.1, -0.05) is 36.4 Å². The van der Waals surface area contributed by atoms with Gasteiger partial charge in [0.2, 0.25) is 0 Å². The van der Waals surface area contributed by atoms with Crippen molar-refractivity contribution in [3.05, 3.63) is 72.2 Å². The number of nitrogens with zero attached hydrogens (tertiary/aromatic N) is 4. The first kappa shape index (κ1) is 16.0. The molecule has 25 heavy (non-hydrogen) atoms. The van der Waals surface area contributed by atoms with Crippen LogP contribution in [0.5, 0.6) is 0 Å². The number of pyridine rings is 1. The van der Waals surface area contributed by atoms with E-state index >= 15 is 0 Å². The molecular weight excluding hydrogens is 310 g/mol. The fourth-order valence-electron chi connectivity index (χ4n) is 3.30. The van der Waals surface area contributed by atoms with Gasteiger partial charge in [-0.3, -0.25) is 19.9 Å². The van der Waals surface area contributed by atoms with Crippen LogP contribution < -0.4 is 0 Å². The maximum Gasteiger partial charge on any atom is 0.0924 e. The molecule has 5 nitrogen and oxygen atoms in total. The van der Waals surface area contributed by atoms with Crippen molar-refractivity contribution in [3.63, 3.8) is 0 Å². The van der Waals surface area contributed by atoms with Crippen LogP contribution in [-0.4, -0.2) is 51.2 Å². The van der Waals surface area contributed by atoms with Crippen LogP contribution in [0.15, 0.2) is 60.9 Å². The summed E-state index contributed by atoms with van der Waals surface area (Å²) in [5.74, 6) is 0. The number of H-pyrrole nitrogens is 1. The van der Waals surface area contributed by atoms with E-state index in [0.717, 1.165) is 50.5 Å². The lowest BCUT2D eigenvalue weighted by Crippen LogP contribution is -2.45. The number of benzene rings is 1. The highest BCUT2D eigenvalue weighted by molar-refractivity contribution is 5.58. The molecule has 4 rings (SSSR count). The van der Waals surface area contributed by atoms with Crippen LogP contribution in [0.4, 0.5) is 0 Å². The first-order chi connectivity index (χ1) is 12.4. The lowest BCUT2D eigenvalue weighted by atomic mass is 10.1. The highest BCUT2D eigenvalue weighted by Crippen LogP contribution is 2.18. The molecule has 3 aromatic rings. The van der Waals surface area contributed by atoms with Gasteiger partial charge in [0.25, 0.3) is 0 Å². The molecule has 128 valence electrons. The van der Waals surface area contributed by atoms with Crippen molar-refractivity contribution in [1.29, 1.82) is 0 Å². The molecule has 1 fully saturated rings. The topological polar surface area (TPSA) is 48.0 Å². The minimum atomic E-state index is 0.931. The van der Waals surface area contributed by atoms with Gasteiger partial charge in [-0.2, -0.15) is 5.10 Å². The van der Waals surface area contributed by atoms with Crippen molar-refractivity contribution >= 4 is 0 Å². The van der Waals surface area contributed by atoms with Crippen LogP contribution >= 0.6 is 0 Å². The molecule has 0 amide bonds. The predicted octanol–water partition coefficient (Wildman–Crippen LogP) is 2.79. The molecular formula is C20H23N5. The van der Waals surface area contributed by atoms with E-state index < -0.39 is 0 Å². The van der Waals surface area contributed by atoms with Crippen molar-refractivity contribution in [2.24, 2.45) is 0 Å². The third-order valence-corrected chi connectivity index (χ3v) is 4.69. The van der Waals surface area contributed by atoms with E-state index in [2.05, 4.69) is 49.2 Å². The molecule has 0 unspecified atom stereocenters. The molecule has 1 aromatic carbocycles. The summed E-state index contributed by atoms with van der Waals surface area (Å²) < 4.78 is 0. The maximum absolute atomic E-state index is 4.45. The molecule has 5 heteroatoms. The Morgan fingerprint density at radius 1 is 0.880 bits per heavy atom. The molecule has 1 saturated heterocycles. The van der Waals surface area contributed by atoms with Gasteiger partial charge in [-0.15, -0.1) is 0 Å². The van der Waals surface area contributed by atoms with E-state index in [1.54, 1.807) is 0 Å². The van der Waals surface area contributed by atoms with Crippen molar-refractivity contribution in [3.8, 4) is 11.3 Å². The molecule has 0 aliphatic carbocycles. The molecule has 0 saturated carbocycles. The Bertz CT molecular complexity index is 776. The second kappa shape index (κ2) is 7.59. The van der Waals surface area contributed by atoms with Crippen molar-refractivity contribution in [2.75, 3.05) is 26.2 Å². The van der Waals surface area contributed by atoms with Gasteiger partial charge >= 0.3 is 0 Å². The molecule has 1 aliphatic heterocycles. The van der Waals surface area contributed by atoms with Gasteiger partial charge < -0.3 is 0 Å². The minimum absolute atomic E-state index is 0.931. The Kier molecular flexibility index (Phi) is 4.86. The number of aromatic amines is 1. The molecule has 0 atom stereocenters. The van der Waals surface area contributed by atoms with Crippen LogP contribution in [0.25, 0.3) is 11.3 Å². The first-order valence-corrected chi connectivity index (χ1v) is 8.80. The first-order valence-electron chi connectivity index (χ1n) is 8.80. The fraction of sp³-hybridized carbons (Fsp3) is 0.300. The standard InChI is InChI=1S/C20H23N5/c1-2-6-18(7-3-1)20-13-19(22-23-20)16-25-11-9-24(10-12-25)15-17-5-4-8-21-14-17/h1-8,13-14H,9-12,15-16H2,(H,22,23). The second-order valence-electron chi connectivity index (χ2n) is 6.56. The van der Waals surface area contributed by atoms with E-state index in [1.807, 2.05) is 36.7 Å². The van der Waals surface area contributed by atoms with Crippen molar-refractivity contribution in [2.45, 2.75) is 13.1 Å². The molecule has 0 bridgehead atoms. The van der Waals surface area contributed by atoms with E-state index in [1.165, 1.54) is 11.3 Å². The van der Waals surface area contributed by atoms with E-state index in [-0.39, 0.29) is 0 Å². The summed E-state index contributed by atoms with van der Waals surface area (Å²) in [6.07, 6.45) is 3.79. The number of aromatic nitrogens is 3. The van der Waals surface area contributed by atoms with Gasteiger partial charge in [-0.25, -0.2) is 0 Å². The van der Waals surface area contributed by atoms with Crippen LogP contribution in [0, 0.1) is 0 Å². The Morgan fingerprint density at radius 2 is 1.64 bits per heavy atom. The number of nitrogens with one attached hydrogen (secondary N) is 1. The van der Waals surface area contributed by atoms with Crippen LogP contribution in [0.1, 0.15) is 11.3 Å². The van der Waals surface area contributed by atoms with E-state index in [0.29, 0.717) is 0 Å². The molecule has 0 radical (unpaired) electrons. The summed E-state index contributed by atoms with van der Waals surface area (Å²) in [7, 11) is 0. The molecule has 1 aliphatic rings. The third-order valence-electron chi connectivity index (χ3n) is 4.69. The van der Waals surface area contributed by atoms with Crippen LogP contribution in [0.2, 0.25) is 0 Å². The monoisotopic (exact) mass is 333 g/mol. The summed E-state index contributed by atoms with van der Waals surface area (Å²) in [6.45, 7) is 6.27. The van der Waals surface area contributed by atoms with Crippen molar-refractivity contribution < 1.29 is 0 Å². The number of hydrogen-bond donors (Lipinski definition) is 1. The Labute approximate surface area is 148 Å². The molecule has 1 N–H and O–H groups in total. The van der Waals surface area contributed by atoms with Crippen LogP contribution in [0.3, 0.4) is 0 Å². The smallest absolute Gasteiger partial charge is 0.0924 e. The highest BCUT2D eigenvalue weighted by atomic mass is 15.3. The molecule has 3 heterocycles. The lowest BCUT2D eigenvalue weighted by Gasteiger charge is -2.34. The van der Waals surface area contributed by atoms with Crippen molar-refractivity contribution in [1.82, 2.24) is 25.0 Å². The van der Waals surface area contributed by atoms with E-state index in [4.69, 9.17) is 0 Å². The fourth-order valence-corrected chi connectivity index (χ4v) is 3.30. The molecule has 0 spiro atoms. The lowest BCUT2D eigenvalue weighted by molar-refractivity contribution is 0.121. The van der Waals surface area contributed by atoms with Gasteiger partial charge in [0.15, 0.2) is 0 Å². The zero-order chi connectivity index (χ0) is 16.9. The highest BCUT2D eigenvalue weighted by Gasteiger charge is 2.18. The Balaban J connectivity index is 1.30. The van der Waals surface area contributed by atoms with Crippen LogP contribution in [-0.2, 0) is 13.1 Å². The van der Waals surface area contributed by atoms with Gasteiger partial charge in [0.05, 0.1) is 5.69 Å². The van der Waals surface area contributed by atoms with Gasteiger partial charge in [-0.05, 0) is 17.7 Å². The second-order valence-corrected chi connectivity index (χ2v) is 6.56. The Morgan fingerprint density at radius 3 is 2.36 bits per heavy atom. The molecule has 2 aromatic heterocycles. The zero-order valence-corrected chi connectivity index (χ0v) is 14.3. The van der Waals surface area contributed by atoms with Gasteiger partial charge in [0, 0.05) is 62.9 Å². The maximum atomic E-state index is 4.45.